The maximum Gasteiger partial charge on any atom is 0.341 e. The fraction of sp³-hybridized carbons (Fsp3) is 0.0588. The first-order valence-corrected chi connectivity index (χ1v) is 7.28. The summed E-state index contributed by atoms with van der Waals surface area (Å²) in [4.78, 5) is 33.7. The molecule has 9 heteroatoms. The van der Waals surface area contributed by atoms with Gasteiger partial charge in [0.1, 0.15) is 11.6 Å². The molecule has 3 N–H and O–H groups in total. The van der Waals surface area contributed by atoms with Crippen LogP contribution in [0.2, 0.25) is 0 Å². The molecule has 134 valence electrons. The van der Waals surface area contributed by atoms with Crippen molar-refractivity contribution >= 4 is 29.7 Å². The number of hydrazone groups is 1. The predicted octanol–water partition coefficient (Wildman–Crippen LogP) is 1.38. The van der Waals surface area contributed by atoms with Crippen LogP contribution in [0.4, 0.5) is 10.1 Å². The molecule has 0 aliphatic carbocycles. The second-order valence-electron chi connectivity index (χ2n) is 4.91. The summed E-state index contributed by atoms with van der Waals surface area (Å²) in [7, 11) is 0. The van der Waals surface area contributed by atoms with Gasteiger partial charge in [0.2, 0.25) is 0 Å². The summed E-state index contributed by atoms with van der Waals surface area (Å²) in [5.41, 5.74) is 2.91. The lowest BCUT2D eigenvalue weighted by Gasteiger charge is -2.04. The Hall–Kier alpha value is -3.75. The standard InChI is InChI=1S/C17H14FN3O5/c18-12-3-5-13(6-4-12)20-16(24)17(25)21-19-9-11-1-7-14(8-2-11)26-10-15(22)23/h1-9H,10H2,(H,20,24)(H,21,25)(H,22,23)/b19-9-. The monoisotopic (exact) mass is 359 g/mol. The minimum absolute atomic E-state index is 0.271. The summed E-state index contributed by atoms with van der Waals surface area (Å²) in [6, 6.07) is 11.2. The van der Waals surface area contributed by atoms with Crippen LogP contribution in [0.15, 0.2) is 53.6 Å². The van der Waals surface area contributed by atoms with Crippen LogP contribution < -0.4 is 15.5 Å². The summed E-state index contributed by atoms with van der Waals surface area (Å²) < 4.78 is 17.7. The number of amides is 2. The van der Waals surface area contributed by atoms with E-state index in [-0.39, 0.29) is 5.69 Å². The van der Waals surface area contributed by atoms with Crippen LogP contribution in [-0.2, 0) is 14.4 Å². The van der Waals surface area contributed by atoms with Gasteiger partial charge in [-0.3, -0.25) is 9.59 Å². The van der Waals surface area contributed by atoms with Crippen LogP contribution >= 0.6 is 0 Å². The smallest absolute Gasteiger partial charge is 0.341 e. The number of ether oxygens (including phenoxy) is 1. The number of rotatable bonds is 6. The van der Waals surface area contributed by atoms with Crippen molar-refractivity contribution in [1.29, 1.82) is 0 Å². The summed E-state index contributed by atoms with van der Waals surface area (Å²) in [6.07, 6.45) is 1.30. The van der Waals surface area contributed by atoms with Crippen molar-refractivity contribution in [3.8, 4) is 5.75 Å². The van der Waals surface area contributed by atoms with Gasteiger partial charge < -0.3 is 15.2 Å². The molecule has 0 aromatic heterocycles. The summed E-state index contributed by atoms with van der Waals surface area (Å²) >= 11 is 0. The van der Waals surface area contributed by atoms with Crippen molar-refractivity contribution < 1.29 is 28.6 Å². The molecular weight excluding hydrogens is 345 g/mol. The van der Waals surface area contributed by atoms with E-state index >= 15 is 0 Å². The molecule has 2 amide bonds. The highest BCUT2D eigenvalue weighted by atomic mass is 19.1. The van der Waals surface area contributed by atoms with Gasteiger partial charge in [-0.15, -0.1) is 0 Å². The van der Waals surface area contributed by atoms with Crippen LogP contribution in [0.3, 0.4) is 0 Å². The molecular formula is C17H14FN3O5. The molecule has 8 nitrogen and oxygen atoms in total. The van der Waals surface area contributed by atoms with E-state index in [0.29, 0.717) is 11.3 Å². The Morgan fingerprint density at radius 2 is 1.69 bits per heavy atom. The van der Waals surface area contributed by atoms with Gasteiger partial charge in [0.15, 0.2) is 6.61 Å². The minimum Gasteiger partial charge on any atom is -0.482 e. The molecule has 0 heterocycles. The number of benzene rings is 2. The average molecular weight is 359 g/mol. The lowest BCUT2D eigenvalue weighted by atomic mass is 10.2. The lowest BCUT2D eigenvalue weighted by molar-refractivity contribution is -0.139. The molecule has 0 saturated carbocycles. The van der Waals surface area contributed by atoms with Crippen molar-refractivity contribution in [3.63, 3.8) is 0 Å². The number of nitrogens with zero attached hydrogens (tertiary/aromatic N) is 1. The van der Waals surface area contributed by atoms with Gasteiger partial charge in [-0.2, -0.15) is 5.10 Å². The third-order valence-electron chi connectivity index (χ3n) is 2.93. The largest absolute Gasteiger partial charge is 0.482 e. The fourth-order valence-corrected chi connectivity index (χ4v) is 1.73. The first kappa shape index (κ1) is 18.6. The van der Waals surface area contributed by atoms with Crippen LogP contribution in [-0.4, -0.2) is 35.7 Å². The summed E-state index contributed by atoms with van der Waals surface area (Å²) in [5.74, 6) is -3.13. The molecule has 0 spiro atoms. The Bertz CT molecular complexity index is 819. The lowest BCUT2D eigenvalue weighted by Crippen LogP contribution is -2.32. The number of hydrogen-bond donors (Lipinski definition) is 3. The quantitative estimate of drug-likeness (QED) is 0.409. The summed E-state index contributed by atoms with van der Waals surface area (Å²) in [6.45, 7) is -0.452. The van der Waals surface area contributed by atoms with Gasteiger partial charge in [0, 0.05) is 5.69 Å². The van der Waals surface area contributed by atoms with Crippen molar-refractivity contribution in [2.24, 2.45) is 5.10 Å². The highest BCUT2D eigenvalue weighted by molar-refractivity contribution is 6.39. The topological polar surface area (TPSA) is 117 Å². The molecule has 26 heavy (non-hydrogen) atoms. The van der Waals surface area contributed by atoms with E-state index in [1.807, 2.05) is 0 Å². The van der Waals surface area contributed by atoms with E-state index in [1.54, 1.807) is 12.1 Å². The van der Waals surface area contributed by atoms with Gasteiger partial charge in [0.25, 0.3) is 0 Å². The third kappa shape index (κ3) is 6.04. The summed E-state index contributed by atoms with van der Waals surface area (Å²) in [5, 5.41) is 14.4. The zero-order chi connectivity index (χ0) is 18.9. The number of carboxylic acids is 1. The van der Waals surface area contributed by atoms with E-state index in [1.165, 1.54) is 30.5 Å². The number of anilines is 1. The molecule has 0 aliphatic heterocycles. The average Bonchev–Trinajstić information content (AvgIpc) is 2.62. The molecule has 0 radical (unpaired) electrons. The molecule has 0 saturated heterocycles. The van der Waals surface area contributed by atoms with E-state index in [0.717, 1.165) is 12.1 Å². The SMILES string of the molecule is O=C(O)COc1ccc(/C=N\NC(=O)C(=O)Nc2ccc(F)cc2)cc1. The molecule has 0 fully saturated rings. The second-order valence-corrected chi connectivity index (χ2v) is 4.91. The zero-order valence-electron chi connectivity index (χ0n) is 13.3. The Kier molecular flexibility index (Phi) is 6.38. The fourth-order valence-electron chi connectivity index (χ4n) is 1.73. The molecule has 2 rings (SSSR count). The molecule has 0 bridgehead atoms. The Morgan fingerprint density at radius 3 is 2.31 bits per heavy atom. The van der Waals surface area contributed by atoms with Gasteiger partial charge in [-0.1, -0.05) is 0 Å². The zero-order valence-corrected chi connectivity index (χ0v) is 13.3. The van der Waals surface area contributed by atoms with Crippen molar-refractivity contribution in [2.75, 3.05) is 11.9 Å². The Balaban J connectivity index is 1.83. The van der Waals surface area contributed by atoms with E-state index in [9.17, 15) is 18.8 Å². The normalized spacial score (nSPS) is 10.3. The third-order valence-corrected chi connectivity index (χ3v) is 2.93. The molecule has 2 aromatic carbocycles. The van der Waals surface area contributed by atoms with Gasteiger partial charge >= 0.3 is 17.8 Å². The van der Waals surface area contributed by atoms with Gasteiger partial charge in [-0.25, -0.2) is 14.6 Å². The van der Waals surface area contributed by atoms with Crippen LogP contribution in [0.1, 0.15) is 5.56 Å². The maximum atomic E-state index is 12.8. The number of hydrogen-bond acceptors (Lipinski definition) is 5. The maximum absolute atomic E-state index is 12.8. The number of carbonyl (C=O) groups is 3. The van der Waals surface area contributed by atoms with Gasteiger partial charge in [-0.05, 0) is 54.1 Å². The number of halogens is 1. The van der Waals surface area contributed by atoms with Gasteiger partial charge in [0.05, 0.1) is 6.21 Å². The van der Waals surface area contributed by atoms with Crippen molar-refractivity contribution in [2.45, 2.75) is 0 Å². The first-order chi connectivity index (χ1) is 12.4. The Morgan fingerprint density at radius 1 is 1.04 bits per heavy atom. The predicted molar refractivity (Wildman–Crippen MR) is 90.3 cm³/mol. The second kappa shape index (κ2) is 8.92. The van der Waals surface area contributed by atoms with Crippen LogP contribution in [0.5, 0.6) is 5.75 Å². The highest BCUT2D eigenvalue weighted by Crippen LogP contribution is 2.11. The molecule has 2 aromatic rings. The number of carbonyl (C=O) groups excluding carboxylic acids is 2. The number of aliphatic carboxylic acids is 1. The minimum atomic E-state index is -1.09. The Labute approximate surface area is 147 Å². The van der Waals surface area contributed by atoms with Crippen LogP contribution in [0, 0.1) is 5.82 Å². The highest BCUT2D eigenvalue weighted by Gasteiger charge is 2.12. The molecule has 0 unspecified atom stereocenters. The van der Waals surface area contributed by atoms with E-state index in [4.69, 9.17) is 9.84 Å². The molecule has 0 aliphatic rings. The first-order valence-electron chi connectivity index (χ1n) is 7.28. The van der Waals surface area contributed by atoms with Crippen molar-refractivity contribution in [1.82, 2.24) is 5.43 Å². The van der Waals surface area contributed by atoms with E-state index < -0.39 is 30.2 Å². The van der Waals surface area contributed by atoms with Crippen LogP contribution in [0.25, 0.3) is 0 Å². The molecule has 0 atom stereocenters. The van der Waals surface area contributed by atoms with E-state index in [2.05, 4.69) is 15.8 Å². The number of carboxylic acid groups (broad SMARTS) is 1. The number of nitrogens with one attached hydrogen (secondary N) is 2. The van der Waals surface area contributed by atoms with Crippen molar-refractivity contribution in [3.05, 3.63) is 59.9 Å².